The fourth-order valence-electron chi connectivity index (χ4n) is 3.32. The number of carbonyl (C=O) groups is 1. The third-order valence-corrected chi connectivity index (χ3v) is 5.98. The van der Waals surface area contributed by atoms with E-state index in [0.717, 1.165) is 42.0 Å². The first-order chi connectivity index (χ1) is 14.9. The molecule has 0 aliphatic carbocycles. The van der Waals surface area contributed by atoms with Crippen LogP contribution in [-0.4, -0.2) is 33.4 Å². The molecular formula is C22H20F3N3O2S. The van der Waals surface area contributed by atoms with Crippen LogP contribution in [0.4, 0.5) is 13.2 Å². The average molecular weight is 447 g/mol. The molecule has 0 unspecified atom stereocenters. The minimum atomic E-state index is -4.44. The number of ether oxygens (including phenoxy) is 1. The minimum Gasteiger partial charge on any atom is -0.439 e. The van der Waals surface area contributed by atoms with Crippen LogP contribution in [0.15, 0.2) is 48.7 Å². The lowest BCUT2D eigenvalue weighted by molar-refractivity contribution is -0.137. The lowest BCUT2D eigenvalue weighted by Gasteiger charge is -2.22. The molecular weight excluding hydrogens is 427 g/mol. The number of hydrogen-bond acceptors (Lipinski definition) is 5. The number of hydrogen-bond donors (Lipinski definition) is 1. The Bertz CT molecular complexity index is 1070. The summed E-state index contributed by atoms with van der Waals surface area (Å²) in [5, 5.41) is 3.87. The van der Waals surface area contributed by atoms with E-state index in [1.807, 2.05) is 17.8 Å². The zero-order valence-electron chi connectivity index (χ0n) is 16.5. The molecule has 162 valence electrons. The first-order valence-corrected chi connectivity index (χ1v) is 11.0. The number of amides is 1. The van der Waals surface area contributed by atoms with Gasteiger partial charge < -0.3 is 10.1 Å². The third kappa shape index (κ3) is 5.66. The maximum Gasteiger partial charge on any atom is 0.417 e. The van der Waals surface area contributed by atoms with Gasteiger partial charge in [-0.15, -0.1) is 0 Å². The first-order valence-electron chi connectivity index (χ1n) is 9.85. The molecule has 0 bridgehead atoms. The molecule has 1 fully saturated rings. The van der Waals surface area contributed by atoms with Gasteiger partial charge >= 0.3 is 6.18 Å². The number of fused-ring (bicyclic) bond motifs is 1. The van der Waals surface area contributed by atoms with Crippen LogP contribution in [-0.2, 0) is 17.4 Å². The molecule has 0 saturated carbocycles. The topological polar surface area (TPSA) is 64.1 Å². The van der Waals surface area contributed by atoms with Gasteiger partial charge in [0.1, 0.15) is 5.75 Å². The largest absolute Gasteiger partial charge is 0.439 e. The van der Waals surface area contributed by atoms with Gasteiger partial charge in [-0.3, -0.25) is 9.78 Å². The van der Waals surface area contributed by atoms with E-state index in [2.05, 4.69) is 15.3 Å². The smallest absolute Gasteiger partial charge is 0.417 e. The van der Waals surface area contributed by atoms with Crippen molar-refractivity contribution in [3.63, 3.8) is 0 Å². The molecule has 3 aromatic rings. The monoisotopic (exact) mass is 447 g/mol. The van der Waals surface area contributed by atoms with Crippen LogP contribution in [0, 0.1) is 0 Å². The highest BCUT2D eigenvalue weighted by Crippen LogP contribution is 2.30. The van der Waals surface area contributed by atoms with Crippen LogP contribution in [0.5, 0.6) is 11.6 Å². The standard InChI is InChI=1S/C22H20F3N3O2S/c23-22(24,25)15-2-6-21(26-13-15)30-18-4-5-19-14(11-18)1-3-17(27-19)12-20(29)28-16-7-9-31-10-8-16/h1-6,11,13,16H,7-10,12H2,(H,28,29). The number of benzene rings is 1. The minimum absolute atomic E-state index is 0.0305. The predicted molar refractivity (Wildman–Crippen MR) is 113 cm³/mol. The van der Waals surface area contributed by atoms with Crippen molar-refractivity contribution < 1.29 is 22.7 Å². The van der Waals surface area contributed by atoms with Crippen molar-refractivity contribution in [1.29, 1.82) is 0 Å². The molecule has 1 N–H and O–H groups in total. The number of pyridine rings is 2. The second-order valence-electron chi connectivity index (χ2n) is 7.27. The van der Waals surface area contributed by atoms with E-state index < -0.39 is 11.7 Å². The zero-order chi connectivity index (χ0) is 21.8. The number of thioether (sulfide) groups is 1. The van der Waals surface area contributed by atoms with Crippen molar-refractivity contribution in [3.05, 3.63) is 59.9 Å². The molecule has 1 aromatic carbocycles. The predicted octanol–water partition coefficient (Wildman–Crippen LogP) is 5.00. The first kappa shape index (κ1) is 21.4. The number of carbonyl (C=O) groups excluding carboxylic acids is 1. The molecule has 5 nitrogen and oxygen atoms in total. The SMILES string of the molecule is O=C(Cc1ccc2cc(Oc3ccc(C(F)(F)F)cn3)ccc2n1)NC1CCSCC1. The zero-order valence-corrected chi connectivity index (χ0v) is 17.3. The highest BCUT2D eigenvalue weighted by Gasteiger charge is 2.30. The number of nitrogens with zero attached hydrogens (tertiary/aromatic N) is 2. The van der Waals surface area contributed by atoms with Crippen molar-refractivity contribution in [2.75, 3.05) is 11.5 Å². The molecule has 0 radical (unpaired) electrons. The normalized spacial score (nSPS) is 15.1. The second-order valence-corrected chi connectivity index (χ2v) is 8.50. The van der Waals surface area contributed by atoms with Gasteiger partial charge in [0.05, 0.1) is 23.2 Å². The van der Waals surface area contributed by atoms with Gasteiger partial charge in [-0.2, -0.15) is 24.9 Å². The summed E-state index contributed by atoms with van der Waals surface area (Å²) in [7, 11) is 0. The lowest BCUT2D eigenvalue weighted by Crippen LogP contribution is -2.38. The van der Waals surface area contributed by atoms with Crippen LogP contribution in [0.25, 0.3) is 10.9 Å². The summed E-state index contributed by atoms with van der Waals surface area (Å²) >= 11 is 1.91. The van der Waals surface area contributed by atoms with E-state index >= 15 is 0 Å². The summed E-state index contributed by atoms with van der Waals surface area (Å²) in [6.45, 7) is 0. The third-order valence-electron chi connectivity index (χ3n) is 4.93. The number of alkyl halides is 3. The molecule has 1 saturated heterocycles. The van der Waals surface area contributed by atoms with Crippen LogP contribution in [0.3, 0.4) is 0 Å². The molecule has 31 heavy (non-hydrogen) atoms. The summed E-state index contributed by atoms with van der Waals surface area (Å²) in [6.07, 6.45) is -1.49. The second kappa shape index (κ2) is 9.13. The Labute approximate surface area is 181 Å². The Balaban J connectivity index is 1.41. The van der Waals surface area contributed by atoms with Crippen LogP contribution in [0.2, 0.25) is 0 Å². The molecule has 9 heteroatoms. The summed E-state index contributed by atoms with van der Waals surface area (Å²) in [4.78, 5) is 20.6. The molecule has 3 heterocycles. The van der Waals surface area contributed by atoms with Crippen molar-refractivity contribution in [2.24, 2.45) is 0 Å². The van der Waals surface area contributed by atoms with E-state index in [1.54, 1.807) is 24.3 Å². The number of aromatic nitrogens is 2. The molecule has 0 spiro atoms. The Morgan fingerprint density at radius 1 is 1.13 bits per heavy atom. The molecule has 2 aromatic heterocycles. The van der Waals surface area contributed by atoms with Gasteiger partial charge in [0.25, 0.3) is 0 Å². The van der Waals surface area contributed by atoms with Gasteiger partial charge in [0, 0.05) is 23.7 Å². The van der Waals surface area contributed by atoms with Gasteiger partial charge in [0.2, 0.25) is 11.8 Å². The van der Waals surface area contributed by atoms with E-state index in [-0.39, 0.29) is 24.2 Å². The van der Waals surface area contributed by atoms with Crippen LogP contribution in [0.1, 0.15) is 24.1 Å². The quantitative estimate of drug-likeness (QED) is 0.597. The fourth-order valence-corrected chi connectivity index (χ4v) is 4.43. The molecule has 0 atom stereocenters. The van der Waals surface area contributed by atoms with Crippen molar-refractivity contribution >= 4 is 28.6 Å². The van der Waals surface area contributed by atoms with Crippen molar-refractivity contribution in [3.8, 4) is 11.6 Å². The summed E-state index contributed by atoms with van der Waals surface area (Å²) < 4.78 is 43.5. The average Bonchev–Trinajstić information content (AvgIpc) is 2.74. The molecule has 1 aliphatic heterocycles. The van der Waals surface area contributed by atoms with E-state index in [1.165, 1.54) is 6.07 Å². The summed E-state index contributed by atoms with van der Waals surface area (Å²) in [5.41, 5.74) is 0.543. The lowest BCUT2D eigenvalue weighted by atomic mass is 10.1. The number of halogens is 3. The van der Waals surface area contributed by atoms with Crippen LogP contribution < -0.4 is 10.1 Å². The number of rotatable bonds is 5. The summed E-state index contributed by atoms with van der Waals surface area (Å²) in [5.74, 6) is 2.62. The number of nitrogens with one attached hydrogen (secondary N) is 1. The van der Waals surface area contributed by atoms with Crippen molar-refractivity contribution in [1.82, 2.24) is 15.3 Å². The summed E-state index contributed by atoms with van der Waals surface area (Å²) in [6, 6.07) is 11.1. The van der Waals surface area contributed by atoms with E-state index in [9.17, 15) is 18.0 Å². The fraction of sp³-hybridized carbons (Fsp3) is 0.318. The van der Waals surface area contributed by atoms with Gasteiger partial charge in [-0.25, -0.2) is 4.98 Å². The highest BCUT2D eigenvalue weighted by atomic mass is 32.2. The van der Waals surface area contributed by atoms with E-state index in [4.69, 9.17) is 4.74 Å². The Kier molecular flexibility index (Phi) is 6.31. The molecule has 1 aliphatic rings. The van der Waals surface area contributed by atoms with Crippen molar-refractivity contribution in [2.45, 2.75) is 31.5 Å². The van der Waals surface area contributed by atoms with Gasteiger partial charge in [-0.05, 0) is 54.7 Å². The highest BCUT2D eigenvalue weighted by molar-refractivity contribution is 7.99. The van der Waals surface area contributed by atoms with E-state index in [0.29, 0.717) is 17.0 Å². The molecule has 1 amide bonds. The Morgan fingerprint density at radius 3 is 2.65 bits per heavy atom. The van der Waals surface area contributed by atoms with Gasteiger partial charge in [-0.1, -0.05) is 6.07 Å². The van der Waals surface area contributed by atoms with Crippen LogP contribution >= 0.6 is 11.8 Å². The van der Waals surface area contributed by atoms with Gasteiger partial charge in [0.15, 0.2) is 0 Å². The maximum absolute atomic E-state index is 12.6. The Hall–Kier alpha value is -2.81. The molecule has 4 rings (SSSR count). The maximum atomic E-state index is 12.6. The Morgan fingerprint density at radius 2 is 1.94 bits per heavy atom.